The Morgan fingerprint density at radius 2 is 1.88 bits per heavy atom. The number of thiophene rings is 1. The minimum Gasteiger partial charge on any atom is -0.489 e. The molecule has 3 nitrogen and oxygen atoms in total. The first-order valence-electron chi connectivity index (χ1n) is 7.96. The molecule has 0 saturated heterocycles. The Kier molecular flexibility index (Phi) is 5.87. The molecule has 3 aromatic rings. The zero-order chi connectivity index (χ0) is 18.7. The number of amides is 1. The average Bonchev–Trinajstić information content (AvgIpc) is 3.06. The van der Waals surface area contributed by atoms with Gasteiger partial charge in [-0.25, -0.2) is 0 Å². The van der Waals surface area contributed by atoms with Crippen LogP contribution in [0.25, 0.3) is 0 Å². The lowest BCUT2D eigenvalue weighted by molar-refractivity contribution is 0.103. The number of rotatable bonds is 5. The van der Waals surface area contributed by atoms with Crippen LogP contribution in [0, 0.1) is 13.8 Å². The lowest BCUT2D eigenvalue weighted by Crippen LogP contribution is -2.10. The van der Waals surface area contributed by atoms with Crippen LogP contribution in [0.15, 0.2) is 47.8 Å². The van der Waals surface area contributed by atoms with E-state index in [1.807, 2.05) is 49.6 Å². The zero-order valence-electron chi connectivity index (χ0n) is 14.3. The molecule has 0 fully saturated rings. The number of benzene rings is 2. The number of carbonyl (C=O) groups is 1. The first-order valence-corrected chi connectivity index (χ1v) is 9.60. The molecule has 6 heteroatoms. The van der Waals surface area contributed by atoms with E-state index in [2.05, 4.69) is 5.32 Å². The maximum Gasteiger partial charge on any atom is 0.265 e. The van der Waals surface area contributed by atoms with Gasteiger partial charge in [-0.1, -0.05) is 29.3 Å². The topological polar surface area (TPSA) is 38.3 Å². The van der Waals surface area contributed by atoms with E-state index in [0.717, 1.165) is 22.4 Å². The van der Waals surface area contributed by atoms with Crippen molar-refractivity contribution in [2.24, 2.45) is 0 Å². The van der Waals surface area contributed by atoms with Gasteiger partial charge in [-0.3, -0.25) is 4.79 Å². The maximum absolute atomic E-state index is 12.4. The monoisotopic (exact) mass is 405 g/mol. The summed E-state index contributed by atoms with van der Waals surface area (Å²) >= 11 is 13.4. The molecule has 134 valence electrons. The molecule has 2 aromatic carbocycles. The molecule has 3 rings (SSSR count). The molecule has 0 radical (unpaired) electrons. The molecule has 26 heavy (non-hydrogen) atoms. The van der Waals surface area contributed by atoms with Crippen molar-refractivity contribution in [3.8, 4) is 5.75 Å². The summed E-state index contributed by atoms with van der Waals surface area (Å²) in [6, 6.07) is 12.8. The van der Waals surface area contributed by atoms with Crippen LogP contribution in [0.4, 0.5) is 5.69 Å². The fraction of sp³-hybridized carbons (Fsp3) is 0.150. The van der Waals surface area contributed by atoms with Crippen molar-refractivity contribution in [2.45, 2.75) is 20.5 Å². The Balaban J connectivity index is 1.63. The van der Waals surface area contributed by atoms with Crippen molar-refractivity contribution in [1.29, 1.82) is 0 Å². The summed E-state index contributed by atoms with van der Waals surface area (Å²) < 4.78 is 5.82. The number of hydrogen-bond donors (Lipinski definition) is 1. The van der Waals surface area contributed by atoms with Crippen LogP contribution >= 0.6 is 34.5 Å². The molecule has 1 N–H and O–H groups in total. The predicted octanol–water partition coefficient (Wildman–Crippen LogP) is 6.50. The van der Waals surface area contributed by atoms with E-state index in [4.69, 9.17) is 27.9 Å². The average molecular weight is 406 g/mol. The van der Waals surface area contributed by atoms with Gasteiger partial charge in [-0.15, -0.1) is 11.3 Å². The first-order chi connectivity index (χ1) is 12.4. The van der Waals surface area contributed by atoms with E-state index < -0.39 is 0 Å². The highest BCUT2D eigenvalue weighted by atomic mass is 35.5. The van der Waals surface area contributed by atoms with Gasteiger partial charge in [0.15, 0.2) is 0 Å². The second-order valence-corrected chi connectivity index (χ2v) is 7.69. The van der Waals surface area contributed by atoms with Gasteiger partial charge in [-0.2, -0.15) is 0 Å². The van der Waals surface area contributed by atoms with Crippen LogP contribution in [0.5, 0.6) is 5.75 Å². The van der Waals surface area contributed by atoms with Crippen LogP contribution in [-0.2, 0) is 6.61 Å². The van der Waals surface area contributed by atoms with Gasteiger partial charge >= 0.3 is 0 Å². The van der Waals surface area contributed by atoms with Gasteiger partial charge in [0.2, 0.25) is 0 Å². The Bertz CT molecular complexity index is 953. The highest BCUT2D eigenvalue weighted by molar-refractivity contribution is 7.12. The second-order valence-electron chi connectivity index (χ2n) is 5.94. The number of hydrogen-bond acceptors (Lipinski definition) is 3. The minimum atomic E-state index is -0.163. The molecule has 0 aliphatic heterocycles. The molecule has 0 unspecified atom stereocenters. The van der Waals surface area contributed by atoms with Crippen LogP contribution in [0.1, 0.15) is 26.4 Å². The molecule has 0 aliphatic carbocycles. The van der Waals surface area contributed by atoms with E-state index in [0.29, 0.717) is 27.2 Å². The van der Waals surface area contributed by atoms with Crippen molar-refractivity contribution in [3.05, 3.63) is 79.5 Å². The summed E-state index contributed by atoms with van der Waals surface area (Å²) in [5.74, 6) is 0.616. The molecule has 0 atom stereocenters. The fourth-order valence-corrected chi connectivity index (χ4v) is 3.57. The summed E-state index contributed by atoms with van der Waals surface area (Å²) in [5, 5.41) is 6.09. The van der Waals surface area contributed by atoms with E-state index in [-0.39, 0.29) is 5.91 Å². The summed E-state index contributed by atoms with van der Waals surface area (Å²) in [5.41, 5.74) is 3.56. The fourth-order valence-electron chi connectivity index (χ4n) is 2.37. The molecule has 0 aliphatic rings. The van der Waals surface area contributed by atoms with Gasteiger partial charge in [0.25, 0.3) is 5.91 Å². The largest absolute Gasteiger partial charge is 0.489 e. The Morgan fingerprint density at radius 1 is 1.08 bits per heavy atom. The molecular formula is C20H17Cl2NO2S. The molecule has 0 saturated carbocycles. The van der Waals surface area contributed by atoms with Gasteiger partial charge in [0.1, 0.15) is 12.4 Å². The lowest BCUT2D eigenvalue weighted by atomic mass is 10.2. The highest BCUT2D eigenvalue weighted by Gasteiger charge is 2.11. The summed E-state index contributed by atoms with van der Waals surface area (Å²) in [6.07, 6.45) is 0. The normalized spacial score (nSPS) is 10.6. The van der Waals surface area contributed by atoms with Crippen molar-refractivity contribution < 1.29 is 9.53 Å². The van der Waals surface area contributed by atoms with Crippen molar-refractivity contribution in [2.75, 3.05) is 5.32 Å². The summed E-state index contributed by atoms with van der Waals surface area (Å²) in [4.78, 5) is 13.0. The number of aryl methyl sites for hydroxylation is 2. The Hall–Kier alpha value is -2.01. The zero-order valence-corrected chi connectivity index (χ0v) is 16.6. The standard InChI is InChI=1S/C20H17Cl2NO2S/c1-12-3-5-16(9-17(12)22)23-20(24)19-8-14(11-26-19)10-25-18-6-4-15(21)7-13(18)2/h3-9,11H,10H2,1-2H3,(H,23,24). The molecule has 0 bridgehead atoms. The number of ether oxygens (including phenoxy) is 1. The first kappa shape index (κ1) is 18.8. The van der Waals surface area contributed by atoms with Crippen molar-refractivity contribution in [3.63, 3.8) is 0 Å². The van der Waals surface area contributed by atoms with Crippen LogP contribution in [0.3, 0.4) is 0 Å². The number of carbonyl (C=O) groups excluding carboxylic acids is 1. The van der Waals surface area contributed by atoms with Gasteiger partial charge in [0.05, 0.1) is 4.88 Å². The third-order valence-corrected chi connectivity index (χ3v) is 5.46. The van der Waals surface area contributed by atoms with E-state index in [1.54, 1.807) is 12.1 Å². The molecular weight excluding hydrogens is 389 g/mol. The van der Waals surface area contributed by atoms with Crippen LogP contribution in [0.2, 0.25) is 10.0 Å². The Morgan fingerprint density at radius 3 is 2.62 bits per heavy atom. The smallest absolute Gasteiger partial charge is 0.265 e. The van der Waals surface area contributed by atoms with E-state index >= 15 is 0 Å². The number of halogens is 2. The lowest BCUT2D eigenvalue weighted by Gasteiger charge is -2.08. The van der Waals surface area contributed by atoms with Crippen molar-refractivity contribution >= 4 is 46.1 Å². The van der Waals surface area contributed by atoms with Crippen molar-refractivity contribution in [1.82, 2.24) is 0 Å². The SMILES string of the molecule is Cc1ccc(NC(=O)c2cc(COc3ccc(Cl)cc3C)cs2)cc1Cl. The van der Waals surface area contributed by atoms with Gasteiger partial charge in [0, 0.05) is 21.3 Å². The second kappa shape index (κ2) is 8.12. The number of nitrogens with one attached hydrogen (secondary N) is 1. The quantitative estimate of drug-likeness (QED) is 0.525. The number of anilines is 1. The molecule has 1 aromatic heterocycles. The van der Waals surface area contributed by atoms with E-state index in [1.165, 1.54) is 11.3 Å². The van der Waals surface area contributed by atoms with Crippen LogP contribution in [-0.4, -0.2) is 5.91 Å². The third-order valence-electron chi connectivity index (χ3n) is 3.84. The summed E-state index contributed by atoms with van der Waals surface area (Å²) in [6.45, 7) is 4.25. The molecule has 0 spiro atoms. The third kappa shape index (κ3) is 4.58. The highest BCUT2D eigenvalue weighted by Crippen LogP contribution is 2.25. The molecule has 1 heterocycles. The van der Waals surface area contributed by atoms with Gasteiger partial charge < -0.3 is 10.1 Å². The summed E-state index contributed by atoms with van der Waals surface area (Å²) in [7, 11) is 0. The van der Waals surface area contributed by atoms with Crippen LogP contribution < -0.4 is 10.1 Å². The van der Waals surface area contributed by atoms with E-state index in [9.17, 15) is 4.79 Å². The molecule has 1 amide bonds. The Labute approximate surface area is 166 Å². The predicted molar refractivity (Wildman–Crippen MR) is 109 cm³/mol. The maximum atomic E-state index is 12.4. The minimum absolute atomic E-state index is 0.163. The van der Waals surface area contributed by atoms with Gasteiger partial charge in [-0.05, 0) is 66.8 Å².